The minimum absolute atomic E-state index is 0.0240. The summed E-state index contributed by atoms with van der Waals surface area (Å²) >= 11 is 0. The lowest BCUT2D eigenvalue weighted by molar-refractivity contribution is -0.139. The summed E-state index contributed by atoms with van der Waals surface area (Å²) in [5.74, 6) is 5.98. The number of hydrogen-bond acceptors (Lipinski definition) is 6. The van der Waals surface area contributed by atoms with Crippen molar-refractivity contribution in [2.24, 2.45) is 29.6 Å². The highest BCUT2D eigenvalue weighted by atomic mass is 16.3. The topological polar surface area (TPSA) is 122 Å². The Morgan fingerprint density at radius 3 is 2.17 bits per heavy atom. The summed E-state index contributed by atoms with van der Waals surface area (Å²) in [5, 5.41) is 26.1. The van der Waals surface area contributed by atoms with Crippen LogP contribution in [0.4, 0.5) is 0 Å². The normalized spacial score (nSPS) is 25.7. The Hall–Kier alpha value is -2.15. The molecule has 9 nitrogen and oxygen atoms in total. The first-order chi connectivity index (χ1) is 20.0. The van der Waals surface area contributed by atoms with E-state index in [1.165, 1.54) is 0 Å². The van der Waals surface area contributed by atoms with Gasteiger partial charge in [0, 0.05) is 50.9 Å². The molecule has 240 valence electrons. The molecule has 0 radical (unpaired) electrons. The van der Waals surface area contributed by atoms with E-state index in [1.54, 1.807) is 19.0 Å². The molecule has 2 rings (SSSR count). The van der Waals surface area contributed by atoms with Crippen molar-refractivity contribution in [3.63, 3.8) is 0 Å². The second kappa shape index (κ2) is 18.5. The number of aliphatic hydroxyl groups is 2. The van der Waals surface area contributed by atoms with Gasteiger partial charge in [0.2, 0.25) is 17.7 Å². The molecule has 5 unspecified atom stereocenters. The van der Waals surface area contributed by atoms with Crippen LogP contribution in [0, 0.1) is 41.4 Å². The van der Waals surface area contributed by atoms with Crippen molar-refractivity contribution in [3.8, 4) is 11.8 Å². The number of amides is 3. The van der Waals surface area contributed by atoms with Gasteiger partial charge in [-0.2, -0.15) is 0 Å². The van der Waals surface area contributed by atoms with Crippen LogP contribution in [0.5, 0.6) is 0 Å². The predicted molar refractivity (Wildman–Crippen MR) is 166 cm³/mol. The molecule has 4 N–H and O–H groups in total. The van der Waals surface area contributed by atoms with Crippen molar-refractivity contribution in [2.75, 3.05) is 26.7 Å². The smallest absolute Gasteiger partial charge is 0.234 e. The fraction of sp³-hybridized carbons (Fsp3) is 0.848. The Balaban J connectivity index is 2.17. The highest BCUT2D eigenvalue weighted by Crippen LogP contribution is 2.35. The number of hydrazine groups is 1. The first-order valence-corrected chi connectivity index (χ1v) is 16.3. The molecule has 42 heavy (non-hydrogen) atoms. The molecular weight excluding hydrogens is 532 g/mol. The molecule has 0 aliphatic heterocycles. The summed E-state index contributed by atoms with van der Waals surface area (Å²) in [6, 6.07) is -0.509. The van der Waals surface area contributed by atoms with Crippen LogP contribution in [0.1, 0.15) is 105 Å². The molecule has 2 aliphatic carbocycles. The van der Waals surface area contributed by atoms with Crippen LogP contribution in [0.25, 0.3) is 0 Å². The molecule has 9 heteroatoms. The highest BCUT2D eigenvalue weighted by Gasteiger charge is 2.38. The summed E-state index contributed by atoms with van der Waals surface area (Å²) in [5.41, 5.74) is 2.82. The summed E-state index contributed by atoms with van der Waals surface area (Å²) < 4.78 is 0. The first-order valence-electron chi connectivity index (χ1n) is 16.3. The molecule has 0 heterocycles. The van der Waals surface area contributed by atoms with Gasteiger partial charge in [-0.1, -0.05) is 27.7 Å². The number of aliphatic hydroxyl groups excluding tert-OH is 2. The zero-order valence-electron chi connectivity index (χ0n) is 27.0. The van der Waals surface area contributed by atoms with Gasteiger partial charge in [0.1, 0.15) is 0 Å². The Kier molecular flexibility index (Phi) is 15.9. The average Bonchev–Trinajstić information content (AvgIpc) is 2.92. The number of nitrogens with zero attached hydrogens (tertiary/aromatic N) is 2. The van der Waals surface area contributed by atoms with E-state index in [0.29, 0.717) is 32.1 Å². The van der Waals surface area contributed by atoms with Gasteiger partial charge in [-0.3, -0.25) is 19.8 Å². The molecule has 5 atom stereocenters. The van der Waals surface area contributed by atoms with Gasteiger partial charge in [0.05, 0.1) is 18.2 Å². The monoisotopic (exact) mass is 590 g/mol. The van der Waals surface area contributed by atoms with E-state index >= 15 is 0 Å². The number of rotatable bonds is 15. The van der Waals surface area contributed by atoms with E-state index in [0.717, 1.165) is 51.6 Å². The van der Waals surface area contributed by atoms with Gasteiger partial charge in [-0.25, -0.2) is 5.01 Å². The predicted octanol–water partition coefficient (Wildman–Crippen LogP) is 3.49. The number of carbonyl (C=O) groups is 3. The van der Waals surface area contributed by atoms with Gasteiger partial charge in [0.15, 0.2) is 0 Å². The van der Waals surface area contributed by atoms with Crippen LogP contribution in [0.2, 0.25) is 0 Å². The zero-order chi connectivity index (χ0) is 31.2. The van der Waals surface area contributed by atoms with Crippen LogP contribution in [-0.4, -0.2) is 82.8 Å². The van der Waals surface area contributed by atoms with Gasteiger partial charge >= 0.3 is 0 Å². The second-order valence-corrected chi connectivity index (χ2v) is 13.1. The maximum absolute atomic E-state index is 13.8. The second-order valence-electron chi connectivity index (χ2n) is 13.1. The quantitative estimate of drug-likeness (QED) is 0.171. The third kappa shape index (κ3) is 12.2. The molecule has 0 aromatic heterocycles. The van der Waals surface area contributed by atoms with Gasteiger partial charge in [0.25, 0.3) is 0 Å². The molecule has 0 aromatic rings. The van der Waals surface area contributed by atoms with Crippen LogP contribution >= 0.6 is 0 Å². The molecule has 2 fully saturated rings. The lowest BCUT2D eigenvalue weighted by Gasteiger charge is -2.37. The minimum atomic E-state index is -0.901. The molecule has 2 aliphatic rings. The number of carbonyl (C=O) groups excluding carboxylic acids is 3. The maximum atomic E-state index is 13.8. The first kappa shape index (κ1) is 36.0. The highest BCUT2D eigenvalue weighted by molar-refractivity contribution is 5.83. The molecule has 2 saturated carbocycles. The Morgan fingerprint density at radius 2 is 1.60 bits per heavy atom. The maximum Gasteiger partial charge on any atom is 0.234 e. The number of hydrogen-bond donors (Lipinski definition) is 4. The van der Waals surface area contributed by atoms with Crippen molar-refractivity contribution in [1.82, 2.24) is 20.7 Å². The van der Waals surface area contributed by atoms with Gasteiger partial charge in [-0.05, 0) is 83.0 Å². The Bertz CT molecular complexity index is 902. The van der Waals surface area contributed by atoms with Crippen molar-refractivity contribution >= 4 is 17.7 Å². The average molecular weight is 591 g/mol. The summed E-state index contributed by atoms with van der Waals surface area (Å²) in [7, 11) is 1.72. The Labute approximate surface area is 254 Å². The molecule has 0 bridgehead atoms. The molecular formula is C33H58N4O5. The van der Waals surface area contributed by atoms with Crippen molar-refractivity contribution < 1.29 is 24.6 Å². The molecule has 3 amide bonds. The SMILES string of the molecule is CC#CC1CC(C(=O)NC(CC2CCC(O)CC2)C(O)CN(C)NC(=O)CC(C)C)CC(C(=O)N(CCC)CCC)C1. The van der Waals surface area contributed by atoms with Crippen LogP contribution in [0.3, 0.4) is 0 Å². The van der Waals surface area contributed by atoms with E-state index in [4.69, 9.17) is 0 Å². The molecule has 0 saturated heterocycles. The Morgan fingerprint density at radius 1 is 0.976 bits per heavy atom. The standard InChI is InChI=1S/C33H58N4O5/c1-7-10-25-18-26(21-27(19-25)33(42)37(15-8-2)16-9-3)32(41)34-29(20-24-11-13-28(38)14-12-24)30(39)22-36(6)35-31(40)17-23(4)5/h23-30,38-39H,8-9,11-22H2,1-6H3,(H,34,41)(H,35,40). The van der Waals surface area contributed by atoms with E-state index in [9.17, 15) is 24.6 Å². The van der Waals surface area contributed by atoms with E-state index in [-0.39, 0.29) is 60.0 Å². The van der Waals surface area contributed by atoms with Crippen molar-refractivity contribution in [3.05, 3.63) is 0 Å². The van der Waals surface area contributed by atoms with Crippen molar-refractivity contribution in [1.29, 1.82) is 0 Å². The van der Waals surface area contributed by atoms with Crippen molar-refractivity contribution in [2.45, 2.75) is 123 Å². The van der Waals surface area contributed by atoms with E-state index in [1.807, 2.05) is 18.7 Å². The molecule has 0 aromatic carbocycles. The van der Waals surface area contributed by atoms with Crippen LogP contribution in [-0.2, 0) is 14.4 Å². The summed E-state index contributed by atoms with van der Waals surface area (Å²) in [4.78, 5) is 41.6. The molecule has 0 spiro atoms. The van der Waals surface area contributed by atoms with Gasteiger partial charge in [-0.15, -0.1) is 11.8 Å². The lowest BCUT2D eigenvalue weighted by Crippen LogP contribution is -2.53. The fourth-order valence-corrected chi connectivity index (χ4v) is 6.62. The fourth-order valence-electron chi connectivity index (χ4n) is 6.62. The lowest BCUT2D eigenvalue weighted by atomic mass is 9.74. The van der Waals surface area contributed by atoms with Crippen LogP contribution in [0.15, 0.2) is 0 Å². The van der Waals surface area contributed by atoms with Gasteiger partial charge < -0.3 is 20.4 Å². The summed E-state index contributed by atoms with van der Waals surface area (Å²) in [6.07, 6.45) is 6.49. The third-order valence-corrected chi connectivity index (χ3v) is 8.64. The van der Waals surface area contributed by atoms with Crippen LogP contribution < -0.4 is 10.7 Å². The number of likely N-dealkylation sites (N-methyl/N-ethyl adjacent to an activating group) is 1. The largest absolute Gasteiger partial charge is 0.393 e. The third-order valence-electron chi connectivity index (χ3n) is 8.64. The summed E-state index contributed by atoms with van der Waals surface area (Å²) in [6.45, 7) is 11.5. The van der Waals surface area contributed by atoms with E-state index in [2.05, 4.69) is 36.4 Å². The zero-order valence-corrected chi connectivity index (χ0v) is 27.0. The van der Waals surface area contributed by atoms with E-state index < -0.39 is 12.1 Å². The minimum Gasteiger partial charge on any atom is -0.393 e. The number of nitrogens with one attached hydrogen (secondary N) is 2.